The summed E-state index contributed by atoms with van der Waals surface area (Å²) in [6.45, 7) is 1.67. The van der Waals surface area contributed by atoms with E-state index in [2.05, 4.69) is 52.8 Å². The Hall–Kier alpha value is -0.960. The van der Waals surface area contributed by atoms with Crippen molar-refractivity contribution in [2.45, 2.75) is 16.3 Å². The van der Waals surface area contributed by atoms with Gasteiger partial charge >= 0.3 is 0 Å². The molecule has 0 unspecified atom stereocenters. The normalized spacial score (nSPS) is 15.2. The fourth-order valence-electron chi connectivity index (χ4n) is 2.73. The van der Waals surface area contributed by atoms with Crippen molar-refractivity contribution in [2.24, 2.45) is 0 Å². The second-order valence-corrected chi connectivity index (χ2v) is 10.1. The molecule has 0 radical (unpaired) electrons. The third kappa shape index (κ3) is 3.98. The number of ether oxygens (including phenoxy) is 2. The van der Waals surface area contributed by atoms with Crippen molar-refractivity contribution in [2.75, 3.05) is 25.2 Å². The standard InChI is InChI=1S/C18H17Br3N2O3/c1-25-16-13(19)10-14-15(22-16)18(20,21)17(24)23(14)8-5-9-26-11-12-6-3-2-4-7-12/h2-4,6-7,10H,5,8-9,11H2,1H3. The third-order valence-electron chi connectivity index (χ3n) is 4.00. The van der Waals surface area contributed by atoms with Crippen LogP contribution in [0.25, 0.3) is 0 Å². The molecule has 5 nitrogen and oxygen atoms in total. The van der Waals surface area contributed by atoms with E-state index in [9.17, 15) is 4.79 Å². The molecule has 2 aromatic rings. The highest BCUT2D eigenvalue weighted by Gasteiger charge is 2.49. The number of benzene rings is 1. The predicted molar refractivity (Wildman–Crippen MR) is 111 cm³/mol. The minimum Gasteiger partial charge on any atom is -0.480 e. The van der Waals surface area contributed by atoms with E-state index in [0.717, 1.165) is 17.7 Å². The second-order valence-electron chi connectivity index (χ2n) is 5.77. The molecule has 0 bridgehead atoms. The number of amides is 1. The van der Waals surface area contributed by atoms with Gasteiger partial charge in [0, 0.05) is 13.2 Å². The lowest BCUT2D eigenvalue weighted by atomic mass is 10.2. The number of hydrogen-bond acceptors (Lipinski definition) is 4. The van der Waals surface area contributed by atoms with Crippen LogP contribution in [0.2, 0.25) is 0 Å². The van der Waals surface area contributed by atoms with E-state index in [1.165, 1.54) is 0 Å². The Morgan fingerprint density at radius 3 is 2.65 bits per heavy atom. The van der Waals surface area contributed by atoms with E-state index >= 15 is 0 Å². The lowest BCUT2D eigenvalue weighted by molar-refractivity contribution is -0.118. The molecule has 0 aliphatic carbocycles. The van der Waals surface area contributed by atoms with Crippen LogP contribution in [-0.4, -0.2) is 31.2 Å². The van der Waals surface area contributed by atoms with Gasteiger partial charge in [0.1, 0.15) is 5.69 Å². The number of alkyl halides is 2. The van der Waals surface area contributed by atoms with E-state index < -0.39 is 3.23 Å². The van der Waals surface area contributed by atoms with E-state index in [-0.39, 0.29) is 5.91 Å². The van der Waals surface area contributed by atoms with Crippen molar-refractivity contribution < 1.29 is 14.3 Å². The minimum absolute atomic E-state index is 0.108. The average molecular weight is 549 g/mol. The van der Waals surface area contributed by atoms with Gasteiger partial charge in [0.25, 0.3) is 5.91 Å². The monoisotopic (exact) mass is 546 g/mol. The van der Waals surface area contributed by atoms with E-state index in [1.54, 1.807) is 12.0 Å². The molecule has 1 aromatic carbocycles. The number of rotatable bonds is 7. The van der Waals surface area contributed by atoms with Crippen LogP contribution in [0, 0.1) is 0 Å². The fraction of sp³-hybridized carbons (Fsp3) is 0.333. The molecule has 1 aliphatic heterocycles. The summed E-state index contributed by atoms with van der Waals surface area (Å²) in [4.78, 5) is 18.9. The Morgan fingerprint density at radius 2 is 1.96 bits per heavy atom. The number of hydrogen-bond donors (Lipinski definition) is 0. The first-order valence-electron chi connectivity index (χ1n) is 8.01. The zero-order valence-corrected chi connectivity index (χ0v) is 18.8. The molecule has 0 N–H and O–H groups in total. The third-order valence-corrected chi connectivity index (χ3v) is 6.00. The fourth-order valence-corrected chi connectivity index (χ4v) is 4.21. The highest BCUT2D eigenvalue weighted by molar-refractivity contribution is 9.25. The minimum atomic E-state index is -1.03. The van der Waals surface area contributed by atoms with Gasteiger partial charge in [-0.15, -0.1) is 0 Å². The molecule has 2 heterocycles. The zero-order chi connectivity index (χ0) is 18.7. The van der Waals surface area contributed by atoms with Crippen LogP contribution in [0.3, 0.4) is 0 Å². The molecular formula is C18H17Br3N2O3. The van der Waals surface area contributed by atoms with Crippen LogP contribution in [-0.2, 0) is 19.4 Å². The number of methoxy groups -OCH3 is 1. The maximum Gasteiger partial charge on any atom is 0.261 e. The number of anilines is 1. The number of carbonyl (C=O) groups is 1. The first-order chi connectivity index (χ1) is 12.4. The Morgan fingerprint density at radius 1 is 1.23 bits per heavy atom. The molecule has 138 valence electrons. The molecule has 0 saturated carbocycles. The van der Waals surface area contributed by atoms with Crippen molar-refractivity contribution in [1.29, 1.82) is 0 Å². The van der Waals surface area contributed by atoms with Gasteiger partial charge in [-0.1, -0.05) is 62.2 Å². The van der Waals surface area contributed by atoms with E-state index in [0.29, 0.717) is 35.8 Å². The first kappa shape index (κ1) is 19.8. The smallest absolute Gasteiger partial charge is 0.261 e. The topological polar surface area (TPSA) is 51.7 Å². The summed E-state index contributed by atoms with van der Waals surface area (Å²) < 4.78 is 10.6. The van der Waals surface area contributed by atoms with Crippen LogP contribution in [0.1, 0.15) is 17.7 Å². The van der Waals surface area contributed by atoms with Gasteiger partial charge < -0.3 is 14.4 Å². The molecule has 26 heavy (non-hydrogen) atoms. The molecular weight excluding hydrogens is 532 g/mol. The summed E-state index contributed by atoms with van der Waals surface area (Å²) >= 11 is 10.3. The summed E-state index contributed by atoms with van der Waals surface area (Å²) in [6, 6.07) is 11.9. The van der Waals surface area contributed by atoms with Gasteiger partial charge in [0.05, 0.1) is 23.9 Å². The van der Waals surface area contributed by atoms with Crippen LogP contribution < -0.4 is 9.64 Å². The zero-order valence-electron chi connectivity index (χ0n) is 14.0. The highest BCUT2D eigenvalue weighted by Crippen LogP contribution is 2.51. The largest absolute Gasteiger partial charge is 0.480 e. The van der Waals surface area contributed by atoms with Crippen molar-refractivity contribution in [3.63, 3.8) is 0 Å². The number of aromatic nitrogens is 1. The van der Waals surface area contributed by atoms with Crippen molar-refractivity contribution in [1.82, 2.24) is 4.98 Å². The lowest BCUT2D eigenvalue weighted by Crippen LogP contribution is -2.34. The summed E-state index contributed by atoms with van der Waals surface area (Å²) in [5.74, 6) is 0.330. The molecule has 1 aromatic heterocycles. The maximum atomic E-state index is 12.8. The molecule has 1 aliphatic rings. The number of nitrogens with zero attached hydrogens (tertiary/aromatic N) is 2. The van der Waals surface area contributed by atoms with Crippen molar-refractivity contribution >= 4 is 59.4 Å². The Balaban J connectivity index is 1.64. The maximum absolute atomic E-state index is 12.8. The van der Waals surface area contributed by atoms with Crippen LogP contribution in [0.5, 0.6) is 5.88 Å². The van der Waals surface area contributed by atoms with Gasteiger partial charge in [-0.25, -0.2) is 4.98 Å². The lowest BCUT2D eigenvalue weighted by Gasteiger charge is -2.18. The summed E-state index contributed by atoms with van der Waals surface area (Å²) in [7, 11) is 1.54. The average Bonchev–Trinajstić information content (AvgIpc) is 2.81. The Kier molecular flexibility index (Phi) is 6.37. The number of pyridine rings is 1. The molecule has 8 heteroatoms. The Bertz CT molecular complexity index is 800. The molecule has 0 spiro atoms. The quantitative estimate of drug-likeness (QED) is 0.370. The number of carbonyl (C=O) groups excluding carboxylic acids is 1. The van der Waals surface area contributed by atoms with Crippen molar-refractivity contribution in [3.8, 4) is 5.88 Å². The SMILES string of the molecule is COc1nc2c(cc1Br)N(CCCOCc1ccccc1)C(=O)C2(Br)Br. The Labute approximate surface area is 177 Å². The van der Waals surface area contributed by atoms with Gasteiger partial charge in [0.15, 0.2) is 0 Å². The van der Waals surface area contributed by atoms with Crippen LogP contribution >= 0.6 is 47.8 Å². The molecule has 0 fully saturated rings. The van der Waals surface area contributed by atoms with Crippen LogP contribution in [0.4, 0.5) is 5.69 Å². The summed E-state index contributed by atoms with van der Waals surface area (Å²) in [6.07, 6.45) is 0.720. The molecule has 1 amide bonds. The van der Waals surface area contributed by atoms with Gasteiger partial charge in [-0.05, 0) is 34.0 Å². The van der Waals surface area contributed by atoms with E-state index in [4.69, 9.17) is 9.47 Å². The van der Waals surface area contributed by atoms with Gasteiger partial charge in [-0.2, -0.15) is 0 Å². The summed E-state index contributed by atoms with van der Waals surface area (Å²) in [5, 5.41) is 0. The van der Waals surface area contributed by atoms with Gasteiger partial charge in [-0.3, -0.25) is 4.79 Å². The second kappa shape index (κ2) is 8.37. The molecule has 0 atom stereocenters. The predicted octanol–water partition coefficient (Wildman–Crippen LogP) is 4.75. The van der Waals surface area contributed by atoms with Crippen LogP contribution in [0.15, 0.2) is 40.9 Å². The van der Waals surface area contributed by atoms with Gasteiger partial charge in [0.2, 0.25) is 9.11 Å². The summed E-state index contributed by atoms with van der Waals surface area (Å²) in [5.41, 5.74) is 2.47. The number of halogens is 3. The molecule has 0 saturated heterocycles. The van der Waals surface area contributed by atoms with E-state index in [1.807, 2.05) is 36.4 Å². The highest BCUT2D eigenvalue weighted by atomic mass is 79.9. The van der Waals surface area contributed by atoms with Crippen molar-refractivity contribution in [3.05, 3.63) is 52.1 Å². The molecule has 3 rings (SSSR count). The first-order valence-corrected chi connectivity index (χ1v) is 10.4. The number of fused-ring (bicyclic) bond motifs is 1.